The van der Waals surface area contributed by atoms with Gasteiger partial charge in [0.05, 0.1) is 18.7 Å². The number of likely N-dealkylation sites (tertiary alicyclic amines) is 1. The Morgan fingerprint density at radius 2 is 1.95 bits per heavy atom. The van der Waals surface area contributed by atoms with Crippen molar-refractivity contribution in [3.63, 3.8) is 0 Å². The van der Waals surface area contributed by atoms with Gasteiger partial charge in [-0.05, 0) is 40.8 Å². The Balaban J connectivity index is 1.58. The molecule has 0 saturated carbocycles. The lowest BCUT2D eigenvalue weighted by Gasteiger charge is -2.38. The average molecular weight is 380 g/mol. The minimum Gasteiger partial charge on any atom is -0.471 e. The molecular weight excluding hydrogens is 367 g/mol. The minimum absolute atomic E-state index is 0.0372. The van der Waals surface area contributed by atoms with Gasteiger partial charge in [0, 0.05) is 15.8 Å². The number of rotatable bonds is 3. The van der Waals surface area contributed by atoms with Gasteiger partial charge in [0.15, 0.2) is 0 Å². The van der Waals surface area contributed by atoms with E-state index in [1.54, 1.807) is 11.1 Å². The van der Waals surface area contributed by atoms with Crippen molar-refractivity contribution in [2.75, 3.05) is 13.1 Å². The smallest absolute Gasteiger partial charge is 0.255 e. The van der Waals surface area contributed by atoms with E-state index in [2.05, 4.69) is 27.6 Å². The van der Waals surface area contributed by atoms with E-state index in [0.29, 0.717) is 19.0 Å². The van der Waals surface area contributed by atoms with Gasteiger partial charge in [0.25, 0.3) is 5.91 Å². The van der Waals surface area contributed by atoms with E-state index in [1.807, 2.05) is 42.5 Å². The van der Waals surface area contributed by atoms with Crippen molar-refractivity contribution in [1.82, 2.24) is 9.88 Å². The van der Waals surface area contributed by atoms with E-state index in [9.17, 15) is 4.79 Å². The number of aromatic nitrogens is 1. The van der Waals surface area contributed by atoms with Gasteiger partial charge >= 0.3 is 0 Å². The normalized spacial score (nSPS) is 14.8. The summed E-state index contributed by atoms with van der Waals surface area (Å²) >= 11 is 2.18. The van der Waals surface area contributed by atoms with E-state index < -0.39 is 0 Å². The predicted molar refractivity (Wildman–Crippen MR) is 83.7 cm³/mol. The maximum Gasteiger partial charge on any atom is 0.255 e. The van der Waals surface area contributed by atoms with Crippen molar-refractivity contribution in [3.05, 3.63) is 57.8 Å². The first-order valence-electron chi connectivity index (χ1n) is 6.35. The number of nitrogens with zero attached hydrogens (tertiary/aromatic N) is 2. The molecule has 1 fully saturated rings. The van der Waals surface area contributed by atoms with Crippen LogP contribution >= 0.6 is 22.6 Å². The fraction of sp³-hybridized carbons (Fsp3) is 0.200. The first kappa shape index (κ1) is 13.4. The first-order chi connectivity index (χ1) is 9.74. The maximum absolute atomic E-state index is 12.3. The number of hydrogen-bond donors (Lipinski definition) is 0. The highest BCUT2D eigenvalue weighted by Crippen LogP contribution is 2.20. The molecule has 0 atom stereocenters. The summed E-state index contributed by atoms with van der Waals surface area (Å²) in [5.41, 5.74) is 0.754. The predicted octanol–water partition coefficient (Wildman–Crippen LogP) is 2.59. The fourth-order valence-electron chi connectivity index (χ4n) is 2.07. The monoisotopic (exact) mass is 380 g/mol. The molecule has 0 bridgehead atoms. The molecule has 0 unspecified atom stereocenters. The SMILES string of the molecule is O=C(c1ccccc1I)N1CC(Oc2ccccn2)C1. The molecule has 1 aromatic carbocycles. The van der Waals surface area contributed by atoms with E-state index in [0.717, 1.165) is 9.13 Å². The summed E-state index contributed by atoms with van der Waals surface area (Å²) in [5.74, 6) is 0.676. The molecule has 4 nitrogen and oxygen atoms in total. The molecule has 20 heavy (non-hydrogen) atoms. The molecule has 0 radical (unpaired) electrons. The van der Waals surface area contributed by atoms with Crippen LogP contribution in [0.25, 0.3) is 0 Å². The lowest BCUT2D eigenvalue weighted by atomic mass is 10.1. The van der Waals surface area contributed by atoms with E-state index in [1.165, 1.54) is 0 Å². The molecular formula is C15H13IN2O2. The molecule has 3 rings (SSSR count). The zero-order valence-electron chi connectivity index (χ0n) is 10.7. The molecule has 0 spiro atoms. The molecule has 1 saturated heterocycles. The molecule has 102 valence electrons. The van der Waals surface area contributed by atoms with Gasteiger partial charge in [-0.1, -0.05) is 18.2 Å². The van der Waals surface area contributed by atoms with Gasteiger partial charge in [0.2, 0.25) is 5.88 Å². The zero-order chi connectivity index (χ0) is 13.9. The van der Waals surface area contributed by atoms with Crippen LogP contribution in [0, 0.1) is 3.57 Å². The second-order valence-electron chi connectivity index (χ2n) is 4.60. The third-order valence-electron chi connectivity index (χ3n) is 3.16. The molecule has 1 aliphatic rings. The number of amides is 1. The number of halogens is 1. The number of pyridine rings is 1. The van der Waals surface area contributed by atoms with Gasteiger partial charge in [-0.2, -0.15) is 0 Å². The molecule has 1 aromatic heterocycles. The Hall–Kier alpha value is -1.63. The summed E-state index contributed by atoms with van der Waals surface area (Å²) in [6, 6.07) is 13.2. The van der Waals surface area contributed by atoms with Gasteiger partial charge in [-0.15, -0.1) is 0 Å². The van der Waals surface area contributed by atoms with Crippen LogP contribution in [0.2, 0.25) is 0 Å². The minimum atomic E-state index is 0.0372. The lowest BCUT2D eigenvalue weighted by molar-refractivity contribution is 0.0159. The maximum atomic E-state index is 12.3. The largest absolute Gasteiger partial charge is 0.471 e. The number of hydrogen-bond acceptors (Lipinski definition) is 3. The van der Waals surface area contributed by atoms with Crippen LogP contribution in [-0.2, 0) is 0 Å². The molecule has 0 N–H and O–H groups in total. The summed E-state index contributed by atoms with van der Waals surface area (Å²) in [4.78, 5) is 18.2. The highest BCUT2D eigenvalue weighted by Gasteiger charge is 2.33. The van der Waals surface area contributed by atoms with Crippen molar-refractivity contribution in [1.29, 1.82) is 0 Å². The summed E-state index contributed by atoms with van der Waals surface area (Å²) in [6.07, 6.45) is 1.73. The number of benzene rings is 1. The number of carbonyl (C=O) groups excluding carboxylic acids is 1. The fourth-order valence-corrected chi connectivity index (χ4v) is 2.69. The van der Waals surface area contributed by atoms with Crippen molar-refractivity contribution in [3.8, 4) is 5.88 Å². The molecule has 0 aliphatic carbocycles. The topological polar surface area (TPSA) is 42.4 Å². The van der Waals surface area contributed by atoms with Gasteiger partial charge in [-0.3, -0.25) is 4.79 Å². The number of carbonyl (C=O) groups is 1. The third-order valence-corrected chi connectivity index (χ3v) is 4.11. The molecule has 1 amide bonds. The van der Waals surface area contributed by atoms with Crippen molar-refractivity contribution >= 4 is 28.5 Å². The number of ether oxygens (including phenoxy) is 1. The first-order valence-corrected chi connectivity index (χ1v) is 7.43. The second-order valence-corrected chi connectivity index (χ2v) is 5.76. The summed E-state index contributed by atoms with van der Waals surface area (Å²) < 4.78 is 6.67. The Morgan fingerprint density at radius 1 is 1.20 bits per heavy atom. The highest BCUT2D eigenvalue weighted by molar-refractivity contribution is 14.1. The quantitative estimate of drug-likeness (QED) is 0.769. The van der Waals surface area contributed by atoms with Crippen molar-refractivity contribution < 1.29 is 9.53 Å². The van der Waals surface area contributed by atoms with Crippen LogP contribution in [0.5, 0.6) is 5.88 Å². The van der Waals surface area contributed by atoms with Crippen LogP contribution in [0.15, 0.2) is 48.7 Å². The van der Waals surface area contributed by atoms with Crippen LogP contribution in [0.4, 0.5) is 0 Å². The Labute approximate surface area is 130 Å². The summed E-state index contributed by atoms with van der Waals surface area (Å²) in [5, 5.41) is 0. The second kappa shape index (κ2) is 5.78. The molecule has 1 aliphatic heterocycles. The standard InChI is InChI=1S/C15H13IN2O2/c16-13-6-2-1-5-12(13)15(19)18-9-11(10-18)20-14-7-3-4-8-17-14/h1-8,11H,9-10H2. The van der Waals surface area contributed by atoms with Gasteiger partial charge < -0.3 is 9.64 Å². The lowest BCUT2D eigenvalue weighted by Crippen LogP contribution is -2.56. The van der Waals surface area contributed by atoms with E-state index >= 15 is 0 Å². The van der Waals surface area contributed by atoms with E-state index in [4.69, 9.17) is 4.74 Å². The molecule has 5 heteroatoms. The summed E-state index contributed by atoms with van der Waals surface area (Å²) in [6.45, 7) is 1.22. The van der Waals surface area contributed by atoms with Crippen LogP contribution in [0.3, 0.4) is 0 Å². The van der Waals surface area contributed by atoms with Crippen LogP contribution < -0.4 is 4.74 Å². The Bertz CT molecular complexity index is 612. The van der Waals surface area contributed by atoms with Crippen molar-refractivity contribution in [2.45, 2.75) is 6.10 Å². The Kier molecular flexibility index (Phi) is 3.86. The molecule has 2 aromatic rings. The van der Waals surface area contributed by atoms with Crippen LogP contribution in [0.1, 0.15) is 10.4 Å². The van der Waals surface area contributed by atoms with Gasteiger partial charge in [0.1, 0.15) is 6.10 Å². The Morgan fingerprint density at radius 3 is 2.65 bits per heavy atom. The van der Waals surface area contributed by atoms with Crippen molar-refractivity contribution in [2.24, 2.45) is 0 Å². The van der Waals surface area contributed by atoms with E-state index in [-0.39, 0.29) is 12.0 Å². The third kappa shape index (κ3) is 2.77. The average Bonchev–Trinajstić information content (AvgIpc) is 2.43. The highest BCUT2D eigenvalue weighted by atomic mass is 127. The molecule has 2 heterocycles. The van der Waals surface area contributed by atoms with Crippen LogP contribution in [-0.4, -0.2) is 35.0 Å². The zero-order valence-corrected chi connectivity index (χ0v) is 12.9. The summed E-state index contributed by atoms with van der Waals surface area (Å²) in [7, 11) is 0. The van der Waals surface area contributed by atoms with Gasteiger partial charge in [-0.25, -0.2) is 4.98 Å².